The second-order valence-corrected chi connectivity index (χ2v) is 11.1. The second kappa shape index (κ2) is 10.7. The predicted octanol–water partition coefficient (Wildman–Crippen LogP) is 5.90. The van der Waals surface area contributed by atoms with Gasteiger partial charge in [-0.1, -0.05) is 6.07 Å². The van der Waals surface area contributed by atoms with Crippen LogP contribution in [0.25, 0.3) is 10.9 Å². The lowest BCUT2D eigenvalue weighted by atomic mass is 10.0. The molecule has 202 valence electrons. The van der Waals surface area contributed by atoms with E-state index < -0.39 is 5.60 Å². The van der Waals surface area contributed by atoms with Crippen molar-refractivity contribution in [3.63, 3.8) is 0 Å². The number of rotatable bonds is 6. The molecule has 1 amide bonds. The van der Waals surface area contributed by atoms with Gasteiger partial charge < -0.3 is 24.0 Å². The first-order valence-electron chi connectivity index (χ1n) is 13.4. The molecule has 3 heterocycles. The number of pyridine rings is 1. The van der Waals surface area contributed by atoms with Crippen LogP contribution in [0.2, 0.25) is 0 Å². The van der Waals surface area contributed by atoms with Crippen LogP contribution in [-0.2, 0) is 11.2 Å². The van der Waals surface area contributed by atoms with Crippen LogP contribution in [0.1, 0.15) is 44.9 Å². The Hall–Kier alpha value is -3.55. The van der Waals surface area contributed by atoms with E-state index in [1.54, 1.807) is 11.0 Å². The van der Waals surface area contributed by atoms with Crippen molar-refractivity contribution < 1.29 is 23.4 Å². The van der Waals surface area contributed by atoms with Gasteiger partial charge in [0, 0.05) is 36.4 Å². The summed E-state index contributed by atoms with van der Waals surface area (Å²) in [6.07, 6.45) is 1.97. The quantitative estimate of drug-likeness (QED) is 0.402. The number of carbonyl (C=O) groups is 1. The highest BCUT2D eigenvalue weighted by atomic mass is 19.1. The smallest absolute Gasteiger partial charge is 0.410 e. The first-order chi connectivity index (χ1) is 18.2. The molecule has 2 aliphatic rings. The molecule has 0 saturated heterocycles. The molecule has 7 nitrogen and oxygen atoms in total. The lowest BCUT2D eigenvalue weighted by Gasteiger charge is -2.34. The molecule has 0 spiro atoms. The molecule has 2 aliphatic heterocycles. The van der Waals surface area contributed by atoms with Gasteiger partial charge in [-0.05, 0) is 88.9 Å². The molecule has 1 aromatic heterocycles. The van der Waals surface area contributed by atoms with E-state index in [-0.39, 0.29) is 18.0 Å². The topological polar surface area (TPSA) is 64.1 Å². The Morgan fingerprint density at radius 2 is 2.05 bits per heavy atom. The zero-order valence-electron chi connectivity index (χ0n) is 22.6. The van der Waals surface area contributed by atoms with Crippen LogP contribution >= 0.6 is 0 Å². The fraction of sp³-hybridized carbons (Fsp3) is 0.467. The van der Waals surface area contributed by atoms with Crippen molar-refractivity contribution in [2.75, 3.05) is 37.7 Å². The lowest BCUT2D eigenvalue weighted by molar-refractivity contribution is 0.00852. The van der Waals surface area contributed by atoms with Crippen LogP contribution in [0.4, 0.5) is 14.9 Å². The number of nitrogens with zero attached hydrogens (tertiary/aromatic N) is 3. The van der Waals surface area contributed by atoms with Gasteiger partial charge >= 0.3 is 6.09 Å². The maximum absolute atomic E-state index is 13.9. The van der Waals surface area contributed by atoms with Crippen molar-refractivity contribution in [1.82, 2.24) is 9.88 Å². The number of ether oxygens (including phenoxy) is 3. The van der Waals surface area contributed by atoms with Crippen LogP contribution in [0.3, 0.4) is 0 Å². The van der Waals surface area contributed by atoms with Gasteiger partial charge in [0.25, 0.3) is 0 Å². The monoisotopic (exact) mass is 521 g/mol. The largest absolute Gasteiger partial charge is 0.486 e. The predicted molar refractivity (Wildman–Crippen MR) is 146 cm³/mol. The number of halogens is 1. The Morgan fingerprint density at radius 1 is 1.21 bits per heavy atom. The fourth-order valence-electron chi connectivity index (χ4n) is 5.11. The zero-order valence-corrected chi connectivity index (χ0v) is 22.6. The maximum Gasteiger partial charge on any atom is 0.410 e. The molecule has 5 rings (SSSR count). The van der Waals surface area contributed by atoms with E-state index in [4.69, 9.17) is 14.2 Å². The van der Waals surface area contributed by atoms with Crippen LogP contribution in [0, 0.1) is 12.7 Å². The van der Waals surface area contributed by atoms with Crippen molar-refractivity contribution in [2.45, 2.75) is 58.7 Å². The van der Waals surface area contributed by atoms with Gasteiger partial charge in [-0.25, -0.2) is 9.18 Å². The first kappa shape index (κ1) is 26.1. The van der Waals surface area contributed by atoms with Crippen LogP contribution in [0.5, 0.6) is 11.5 Å². The summed E-state index contributed by atoms with van der Waals surface area (Å²) in [7, 11) is 0. The summed E-state index contributed by atoms with van der Waals surface area (Å²) in [6.45, 7) is 10.3. The maximum atomic E-state index is 13.9. The number of anilines is 1. The molecule has 1 atom stereocenters. The minimum Gasteiger partial charge on any atom is -0.486 e. The van der Waals surface area contributed by atoms with Crippen LogP contribution in [0.15, 0.2) is 42.5 Å². The Labute approximate surface area is 223 Å². The van der Waals surface area contributed by atoms with E-state index in [1.165, 1.54) is 11.6 Å². The molecule has 0 fully saturated rings. The Bertz CT molecular complexity index is 1320. The minimum absolute atomic E-state index is 0.223. The third-order valence-corrected chi connectivity index (χ3v) is 6.83. The molecular weight excluding hydrogens is 485 g/mol. The van der Waals surface area contributed by atoms with Crippen molar-refractivity contribution in [1.29, 1.82) is 0 Å². The fourth-order valence-corrected chi connectivity index (χ4v) is 5.11. The van der Waals surface area contributed by atoms with E-state index in [0.29, 0.717) is 37.6 Å². The molecule has 0 radical (unpaired) electrons. The summed E-state index contributed by atoms with van der Waals surface area (Å²) in [6, 6.07) is 12.8. The molecule has 0 bridgehead atoms. The Morgan fingerprint density at radius 3 is 2.87 bits per heavy atom. The summed E-state index contributed by atoms with van der Waals surface area (Å²) in [5.41, 5.74) is 3.28. The first-order valence-corrected chi connectivity index (χ1v) is 13.4. The number of carbonyl (C=O) groups excluding carboxylic acids is 1. The highest BCUT2D eigenvalue weighted by Crippen LogP contribution is 2.38. The van der Waals surface area contributed by atoms with E-state index in [2.05, 4.69) is 9.88 Å². The molecule has 0 saturated carbocycles. The van der Waals surface area contributed by atoms with E-state index in [1.807, 2.05) is 58.0 Å². The molecule has 0 N–H and O–H groups in total. The average Bonchev–Trinajstić information content (AvgIpc) is 2.87. The molecule has 0 aliphatic carbocycles. The van der Waals surface area contributed by atoms with E-state index in [9.17, 15) is 9.18 Å². The zero-order chi connectivity index (χ0) is 26.9. The number of hydrogen-bond acceptors (Lipinski definition) is 6. The number of aryl methyl sites for hydroxylation is 2. The van der Waals surface area contributed by atoms with Crippen LogP contribution < -0.4 is 14.4 Å². The molecule has 38 heavy (non-hydrogen) atoms. The van der Waals surface area contributed by atoms with Gasteiger partial charge in [-0.3, -0.25) is 4.98 Å². The van der Waals surface area contributed by atoms with Gasteiger partial charge in [0.2, 0.25) is 0 Å². The molecule has 3 aromatic rings. The van der Waals surface area contributed by atoms with Crippen molar-refractivity contribution in [3.05, 3.63) is 59.5 Å². The SMILES string of the molecule is Cc1ccc2c3c(ccc2n1)OC[C@H](CN(CCCN1CCCc2ccc(F)cc21)C(=O)OC(C)(C)C)O3. The van der Waals surface area contributed by atoms with E-state index in [0.717, 1.165) is 48.2 Å². The molecule has 2 aromatic carbocycles. The lowest BCUT2D eigenvalue weighted by Crippen LogP contribution is -2.46. The number of aromatic nitrogens is 1. The van der Waals surface area contributed by atoms with Crippen molar-refractivity contribution >= 4 is 22.7 Å². The number of amides is 1. The number of hydrogen-bond donors (Lipinski definition) is 0. The number of fused-ring (bicyclic) bond motifs is 4. The average molecular weight is 522 g/mol. The molecule has 8 heteroatoms. The summed E-state index contributed by atoms with van der Waals surface area (Å²) in [5, 5.41) is 0.887. The Kier molecular flexibility index (Phi) is 7.32. The highest BCUT2D eigenvalue weighted by molar-refractivity contribution is 5.88. The van der Waals surface area contributed by atoms with Gasteiger partial charge in [-0.2, -0.15) is 0 Å². The van der Waals surface area contributed by atoms with Gasteiger partial charge in [0.1, 0.15) is 18.0 Å². The summed E-state index contributed by atoms with van der Waals surface area (Å²) in [5.74, 6) is 1.11. The highest BCUT2D eigenvalue weighted by Gasteiger charge is 2.30. The second-order valence-electron chi connectivity index (χ2n) is 11.1. The molecule has 0 unspecified atom stereocenters. The van der Waals surface area contributed by atoms with E-state index >= 15 is 0 Å². The normalized spacial score (nSPS) is 16.8. The Balaban J connectivity index is 1.29. The van der Waals surface area contributed by atoms with Crippen LogP contribution in [-0.4, -0.2) is 60.5 Å². The summed E-state index contributed by atoms with van der Waals surface area (Å²) in [4.78, 5) is 21.7. The van der Waals surface area contributed by atoms with Gasteiger partial charge in [0.05, 0.1) is 12.1 Å². The van der Waals surface area contributed by atoms with Gasteiger partial charge in [-0.15, -0.1) is 0 Å². The standard InChI is InChI=1S/C30H36FN3O4/c1-20-8-11-24-25(32-20)12-13-27-28(24)37-23(19-36-27)18-34(29(35)38-30(2,3)4)16-6-15-33-14-5-7-21-9-10-22(31)17-26(21)33/h8-13,17,23H,5-7,14-16,18-19H2,1-4H3/t23-/m0/s1. The van der Waals surface area contributed by atoms with Crippen molar-refractivity contribution in [2.24, 2.45) is 0 Å². The molecular formula is C30H36FN3O4. The van der Waals surface area contributed by atoms with Crippen molar-refractivity contribution in [3.8, 4) is 11.5 Å². The number of benzene rings is 2. The minimum atomic E-state index is -0.616. The third-order valence-electron chi connectivity index (χ3n) is 6.83. The van der Waals surface area contributed by atoms with Gasteiger partial charge in [0.15, 0.2) is 17.6 Å². The summed E-state index contributed by atoms with van der Waals surface area (Å²) >= 11 is 0. The summed E-state index contributed by atoms with van der Waals surface area (Å²) < 4.78 is 32.1. The third kappa shape index (κ3) is 5.95.